The highest BCUT2D eigenvalue weighted by atomic mass is 35.5. The molecule has 114 valence electrons. The van der Waals surface area contributed by atoms with E-state index in [1.165, 1.54) is 11.8 Å². The largest absolute Gasteiger partial charge is 0.513 e. The second-order valence-corrected chi connectivity index (χ2v) is 4.22. The second-order valence-electron chi connectivity index (χ2n) is 4.22. The number of methoxy groups -OCH3 is 1. The highest BCUT2D eigenvalue weighted by Gasteiger charge is 2.08. The number of rotatable bonds is 6. The minimum Gasteiger partial charge on any atom is -0.497 e. The van der Waals surface area contributed by atoms with Crippen molar-refractivity contribution < 1.29 is 19.4 Å². The molecule has 0 radical (unpaired) electrons. The zero-order valence-corrected chi connectivity index (χ0v) is 12.4. The van der Waals surface area contributed by atoms with Gasteiger partial charge in [-0.1, -0.05) is 12.1 Å². The predicted octanol–water partition coefficient (Wildman–Crippen LogP) is 3.00. The summed E-state index contributed by atoms with van der Waals surface area (Å²) in [4.78, 5) is 14.3. The van der Waals surface area contributed by atoms with Gasteiger partial charge in [0.1, 0.15) is 5.75 Å². The molecule has 0 unspecified atom stereocenters. The van der Waals surface area contributed by atoms with Crippen LogP contribution >= 0.6 is 12.4 Å². The van der Waals surface area contributed by atoms with E-state index in [2.05, 4.69) is 9.72 Å². The molecule has 0 aliphatic rings. The van der Waals surface area contributed by atoms with Crippen LogP contribution < -0.4 is 9.47 Å². The molecule has 0 aliphatic heterocycles. The van der Waals surface area contributed by atoms with E-state index in [-0.39, 0.29) is 18.4 Å². The van der Waals surface area contributed by atoms with Crippen LogP contribution in [-0.2, 0) is 13.0 Å². The Bertz CT molecular complexity index is 569. The average Bonchev–Trinajstić information content (AvgIpc) is 2.86. The summed E-state index contributed by atoms with van der Waals surface area (Å²) in [7, 11) is 1.64. The van der Waals surface area contributed by atoms with Gasteiger partial charge in [-0.15, -0.1) is 12.4 Å². The van der Waals surface area contributed by atoms with Gasteiger partial charge in [0.15, 0.2) is 0 Å². The molecule has 0 saturated carbocycles. The van der Waals surface area contributed by atoms with Crippen molar-refractivity contribution in [3.63, 3.8) is 0 Å². The lowest BCUT2D eigenvalue weighted by molar-refractivity contribution is 0.138. The molecular formula is C14H17ClN2O4. The quantitative estimate of drug-likeness (QED) is 0.830. The zero-order valence-electron chi connectivity index (χ0n) is 11.6. The summed E-state index contributed by atoms with van der Waals surface area (Å²) >= 11 is 0. The summed E-state index contributed by atoms with van der Waals surface area (Å²) in [6.45, 7) is 0.647. The number of carbonyl (C=O) groups is 1. The van der Waals surface area contributed by atoms with Crippen LogP contribution in [-0.4, -0.2) is 27.9 Å². The Kier molecular flexibility index (Phi) is 6.55. The third kappa shape index (κ3) is 5.00. The summed E-state index contributed by atoms with van der Waals surface area (Å²) in [6, 6.07) is 7.98. The van der Waals surface area contributed by atoms with Gasteiger partial charge in [0, 0.05) is 18.9 Å². The maximum absolute atomic E-state index is 10.5. The van der Waals surface area contributed by atoms with Crippen molar-refractivity contribution in [2.75, 3.05) is 7.11 Å². The van der Waals surface area contributed by atoms with Crippen molar-refractivity contribution in [2.45, 2.75) is 19.4 Å². The smallest absolute Gasteiger partial charge is 0.497 e. The molecule has 1 aromatic carbocycles. The number of aromatic nitrogens is 2. The minimum atomic E-state index is -1.35. The molecule has 0 saturated heterocycles. The maximum atomic E-state index is 10.5. The molecule has 0 spiro atoms. The second kappa shape index (κ2) is 8.16. The molecule has 0 bridgehead atoms. The van der Waals surface area contributed by atoms with E-state index in [4.69, 9.17) is 9.84 Å². The molecule has 0 aliphatic carbocycles. The van der Waals surface area contributed by atoms with E-state index in [1.54, 1.807) is 17.9 Å². The van der Waals surface area contributed by atoms with Gasteiger partial charge in [-0.25, -0.2) is 9.78 Å². The number of halogens is 1. The van der Waals surface area contributed by atoms with Crippen molar-refractivity contribution >= 4 is 18.6 Å². The van der Waals surface area contributed by atoms with E-state index >= 15 is 0 Å². The molecule has 0 amide bonds. The summed E-state index contributed by atoms with van der Waals surface area (Å²) in [6.07, 6.45) is 3.61. The Morgan fingerprint density at radius 2 is 2.05 bits per heavy atom. The number of nitrogens with zero attached hydrogens (tertiary/aromatic N) is 2. The molecule has 0 fully saturated rings. The van der Waals surface area contributed by atoms with Gasteiger partial charge in [-0.2, -0.15) is 0 Å². The number of aryl methyl sites for hydroxylation is 2. The first-order valence-corrected chi connectivity index (χ1v) is 6.24. The summed E-state index contributed by atoms with van der Waals surface area (Å²) in [5, 5.41) is 8.58. The maximum Gasteiger partial charge on any atom is 0.513 e. The molecule has 1 heterocycles. The van der Waals surface area contributed by atoms with E-state index < -0.39 is 6.16 Å². The van der Waals surface area contributed by atoms with Crippen LogP contribution in [0.3, 0.4) is 0 Å². The van der Waals surface area contributed by atoms with Crippen LogP contribution in [0.15, 0.2) is 36.7 Å². The van der Waals surface area contributed by atoms with Crippen LogP contribution in [0.4, 0.5) is 4.79 Å². The lowest BCUT2D eigenvalue weighted by atomic mass is 10.1. The van der Waals surface area contributed by atoms with Crippen molar-refractivity contribution in [2.24, 2.45) is 0 Å². The van der Waals surface area contributed by atoms with Gasteiger partial charge < -0.3 is 19.1 Å². The van der Waals surface area contributed by atoms with Gasteiger partial charge >= 0.3 is 12.2 Å². The van der Waals surface area contributed by atoms with Gasteiger partial charge in [0.2, 0.25) is 0 Å². The monoisotopic (exact) mass is 312 g/mol. The number of hydrogen-bond donors (Lipinski definition) is 1. The fourth-order valence-corrected chi connectivity index (χ4v) is 1.89. The Morgan fingerprint density at radius 1 is 1.33 bits per heavy atom. The minimum absolute atomic E-state index is 0. The summed E-state index contributed by atoms with van der Waals surface area (Å²) in [5.41, 5.74) is 1.20. The number of ether oxygens (including phenoxy) is 2. The first kappa shape index (κ1) is 16.8. The number of carboxylic acid groups (broad SMARTS) is 1. The van der Waals surface area contributed by atoms with Crippen molar-refractivity contribution in [1.29, 1.82) is 0 Å². The van der Waals surface area contributed by atoms with Crippen molar-refractivity contribution in [1.82, 2.24) is 9.55 Å². The lowest BCUT2D eigenvalue weighted by Gasteiger charge is -2.06. The Morgan fingerprint density at radius 3 is 2.67 bits per heavy atom. The Balaban J connectivity index is 0.00000220. The molecule has 6 nitrogen and oxygen atoms in total. The molecule has 0 atom stereocenters. The van der Waals surface area contributed by atoms with Crippen LogP contribution in [0.5, 0.6) is 11.8 Å². The summed E-state index contributed by atoms with van der Waals surface area (Å²) in [5.74, 6) is 0.834. The number of hydrogen-bond acceptors (Lipinski definition) is 4. The Labute approximate surface area is 128 Å². The predicted molar refractivity (Wildman–Crippen MR) is 79.4 cm³/mol. The molecule has 1 N–H and O–H groups in total. The first-order chi connectivity index (χ1) is 9.69. The Hall–Kier alpha value is -2.21. The van der Waals surface area contributed by atoms with E-state index in [1.807, 2.05) is 24.3 Å². The molecule has 2 rings (SSSR count). The SMILES string of the molecule is COc1ccc(CCCn2ccnc2OC(=O)O)cc1.Cl. The van der Waals surface area contributed by atoms with Crippen molar-refractivity contribution in [3.05, 3.63) is 42.2 Å². The molecule has 1 aromatic heterocycles. The molecule has 21 heavy (non-hydrogen) atoms. The average molecular weight is 313 g/mol. The van der Waals surface area contributed by atoms with Crippen molar-refractivity contribution in [3.8, 4) is 11.8 Å². The zero-order chi connectivity index (χ0) is 14.4. The highest BCUT2D eigenvalue weighted by Crippen LogP contribution is 2.14. The fourth-order valence-electron chi connectivity index (χ4n) is 1.89. The standard InChI is InChI=1S/C14H16N2O4.ClH/c1-19-12-6-4-11(5-7-12)3-2-9-16-10-8-15-13(16)20-14(17)18;/h4-8,10H,2-3,9H2,1H3,(H,17,18);1H. The van der Waals surface area contributed by atoms with E-state index in [0.717, 1.165) is 18.6 Å². The number of imidazole rings is 1. The summed E-state index contributed by atoms with van der Waals surface area (Å²) < 4.78 is 11.3. The van der Waals surface area contributed by atoms with Crippen LogP contribution in [0.1, 0.15) is 12.0 Å². The lowest BCUT2D eigenvalue weighted by Crippen LogP contribution is -2.09. The van der Waals surface area contributed by atoms with Gasteiger partial charge in [-0.05, 0) is 30.5 Å². The topological polar surface area (TPSA) is 73.6 Å². The molecular weight excluding hydrogens is 296 g/mol. The van der Waals surface area contributed by atoms with Gasteiger partial charge in [-0.3, -0.25) is 0 Å². The van der Waals surface area contributed by atoms with Crippen LogP contribution in [0.2, 0.25) is 0 Å². The molecule has 7 heteroatoms. The first-order valence-electron chi connectivity index (χ1n) is 6.24. The normalized spacial score (nSPS) is 9.76. The highest BCUT2D eigenvalue weighted by molar-refractivity contribution is 5.85. The third-order valence-corrected chi connectivity index (χ3v) is 2.88. The van der Waals surface area contributed by atoms with Gasteiger partial charge in [0.05, 0.1) is 7.11 Å². The number of benzene rings is 1. The fraction of sp³-hybridized carbons (Fsp3) is 0.286. The van der Waals surface area contributed by atoms with E-state index in [0.29, 0.717) is 6.54 Å². The molecule has 2 aromatic rings. The van der Waals surface area contributed by atoms with E-state index in [9.17, 15) is 4.79 Å². The van der Waals surface area contributed by atoms with Crippen LogP contribution in [0.25, 0.3) is 0 Å². The third-order valence-electron chi connectivity index (χ3n) is 2.88. The van der Waals surface area contributed by atoms with Crippen LogP contribution in [0, 0.1) is 0 Å². The van der Waals surface area contributed by atoms with Gasteiger partial charge in [0.25, 0.3) is 0 Å².